The first-order chi connectivity index (χ1) is 22.9. The zero-order valence-corrected chi connectivity index (χ0v) is 30.0. The summed E-state index contributed by atoms with van der Waals surface area (Å²) in [7, 11) is -0.963. The molecule has 1 saturated carbocycles. The number of aryl methyl sites for hydroxylation is 2. The van der Waals surface area contributed by atoms with E-state index in [0.29, 0.717) is 25.0 Å². The molecule has 2 aromatic carbocycles. The molecule has 1 fully saturated rings. The second-order valence-electron chi connectivity index (χ2n) is 15.2. The van der Waals surface area contributed by atoms with Crippen LogP contribution in [0, 0.1) is 17.8 Å². The first-order valence-electron chi connectivity index (χ1n) is 17.5. The highest BCUT2D eigenvalue weighted by Crippen LogP contribution is 2.49. The molecule has 2 aliphatic heterocycles. The molecule has 3 aromatic rings. The minimum Gasteiger partial charge on any atom is -0.490 e. The molecule has 1 spiro atoms. The van der Waals surface area contributed by atoms with Crippen molar-refractivity contribution in [3.05, 3.63) is 76.3 Å². The van der Waals surface area contributed by atoms with Gasteiger partial charge in [-0.1, -0.05) is 31.0 Å². The Balaban J connectivity index is 1.31. The van der Waals surface area contributed by atoms with Gasteiger partial charge in [0, 0.05) is 60.2 Å². The molecular weight excluding hydrogens is 644 g/mol. The largest absolute Gasteiger partial charge is 0.490 e. The van der Waals surface area contributed by atoms with Crippen molar-refractivity contribution in [2.24, 2.45) is 24.8 Å². The molecule has 2 N–H and O–H groups in total. The summed E-state index contributed by atoms with van der Waals surface area (Å²) >= 11 is 6.47. The maximum Gasteiger partial charge on any atom is 0.262 e. The number of hydrogen-bond acceptors (Lipinski definition) is 6. The molecule has 7 atom stereocenters. The molecule has 10 heteroatoms. The van der Waals surface area contributed by atoms with E-state index in [1.165, 1.54) is 11.1 Å². The van der Waals surface area contributed by atoms with Crippen LogP contribution < -0.4 is 14.4 Å². The lowest BCUT2D eigenvalue weighted by atomic mass is 9.61. The Hall–Kier alpha value is -3.01. The molecule has 4 aliphatic rings. The summed E-state index contributed by atoms with van der Waals surface area (Å²) in [6.45, 7) is 5.96. The molecule has 1 aromatic heterocycles. The average molecular weight is 693 g/mol. The van der Waals surface area contributed by atoms with Crippen molar-refractivity contribution >= 4 is 38.8 Å². The van der Waals surface area contributed by atoms with Gasteiger partial charge in [0.1, 0.15) is 11.6 Å². The van der Waals surface area contributed by atoms with Crippen LogP contribution in [0.5, 0.6) is 5.75 Å². The number of anilines is 1. The van der Waals surface area contributed by atoms with Crippen molar-refractivity contribution in [2.45, 2.75) is 87.9 Å². The standard InChI is InChI=1S/C38H49ClN4O4S/c1-25-7-5-16-38(45,21-35-40-17-18-42(35)3)32-12-9-29(32)22-43-23-37(15-6-8-27-19-30(39)11-13-31(27)37)24-47-34-14-10-28(20-33(34)43)36(44)41-48(4,46)26(25)2/h10-11,13-14,17-20,25-26,29,32,45H,4-9,12,15-16,21-24H2,1-3H3,(H,41,44,46)/t25-,26+,29-,32+,37-,38-,48?/m0/s1. The van der Waals surface area contributed by atoms with Gasteiger partial charge in [0.15, 0.2) is 0 Å². The molecule has 1 amide bonds. The van der Waals surface area contributed by atoms with E-state index >= 15 is 0 Å². The maximum absolute atomic E-state index is 13.9. The lowest BCUT2D eigenvalue weighted by molar-refractivity contribution is -0.0895. The lowest BCUT2D eigenvalue weighted by Crippen LogP contribution is -2.54. The SMILES string of the molecule is C=S1(=O)NC(=O)c2ccc3c(c2)N(C[C@@H]2CC[C@H]2[C@@](O)(Cc2nccn2C)CCC[C@H](C)[C@H]1C)C[C@@]1(CCCc2cc(Cl)ccc21)CO3. The van der Waals surface area contributed by atoms with E-state index in [1.54, 1.807) is 12.3 Å². The van der Waals surface area contributed by atoms with Crippen LogP contribution in [0.15, 0.2) is 48.8 Å². The lowest BCUT2D eigenvalue weighted by Gasteiger charge is -2.50. The van der Waals surface area contributed by atoms with Gasteiger partial charge in [0.2, 0.25) is 0 Å². The third-order valence-corrected chi connectivity index (χ3v) is 14.6. The normalized spacial score (nSPS) is 33.9. The molecular formula is C38H49ClN4O4S. The van der Waals surface area contributed by atoms with Gasteiger partial charge in [-0.25, -0.2) is 9.19 Å². The van der Waals surface area contributed by atoms with Gasteiger partial charge in [-0.15, -0.1) is 0 Å². The minimum absolute atomic E-state index is 0.0400. The van der Waals surface area contributed by atoms with Gasteiger partial charge in [-0.05, 0) is 117 Å². The van der Waals surface area contributed by atoms with E-state index in [2.05, 4.69) is 39.5 Å². The van der Waals surface area contributed by atoms with Gasteiger partial charge in [-0.3, -0.25) is 9.52 Å². The quantitative estimate of drug-likeness (QED) is 0.315. The number of aliphatic hydroxyl groups is 1. The molecule has 2 aliphatic carbocycles. The Morgan fingerprint density at radius 2 is 1.98 bits per heavy atom. The number of aromatic nitrogens is 2. The van der Waals surface area contributed by atoms with Crippen LogP contribution in [0.25, 0.3) is 0 Å². The van der Waals surface area contributed by atoms with Gasteiger partial charge >= 0.3 is 0 Å². The van der Waals surface area contributed by atoms with Crippen LogP contribution >= 0.6 is 11.6 Å². The molecule has 1 unspecified atom stereocenters. The zero-order valence-electron chi connectivity index (χ0n) is 28.4. The number of rotatable bonds is 2. The van der Waals surface area contributed by atoms with Gasteiger partial charge in [-0.2, -0.15) is 0 Å². The van der Waals surface area contributed by atoms with Crippen LogP contribution in [0.4, 0.5) is 5.69 Å². The fourth-order valence-electron chi connectivity index (χ4n) is 8.93. The number of carbonyl (C=O) groups is 1. The summed E-state index contributed by atoms with van der Waals surface area (Å²) in [5.74, 6) is 5.66. The summed E-state index contributed by atoms with van der Waals surface area (Å²) in [6.07, 6.45) is 11.4. The Morgan fingerprint density at radius 1 is 1.15 bits per heavy atom. The number of ether oxygens (including phenoxy) is 1. The number of halogens is 1. The summed E-state index contributed by atoms with van der Waals surface area (Å²) in [5, 5.41) is 13.1. The number of fused-ring (bicyclic) bond motifs is 4. The van der Waals surface area contributed by atoms with E-state index in [4.69, 9.17) is 16.3 Å². The third kappa shape index (κ3) is 6.15. The third-order valence-electron chi connectivity index (χ3n) is 12.2. The highest BCUT2D eigenvalue weighted by Gasteiger charge is 2.49. The second-order valence-corrected chi connectivity index (χ2v) is 18.0. The Morgan fingerprint density at radius 3 is 2.73 bits per heavy atom. The van der Waals surface area contributed by atoms with Crippen LogP contribution in [-0.4, -0.2) is 61.2 Å². The van der Waals surface area contributed by atoms with Crippen molar-refractivity contribution in [3.63, 3.8) is 0 Å². The highest BCUT2D eigenvalue weighted by molar-refractivity contribution is 7.99. The summed E-state index contributed by atoms with van der Waals surface area (Å²) < 4.78 is 25.4. The molecule has 8 nitrogen and oxygen atoms in total. The molecule has 7 rings (SSSR count). The number of imidazole rings is 1. The van der Waals surface area contributed by atoms with Crippen LogP contribution in [0.1, 0.15) is 86.1 Å². The predicted octanol–water partition coefficient (Wildman–Crippen LogP) is 6.12. The Kier molecular flexibility index (Phi) is 8.86. The van der Waals surface area contributed by atoms with E-state index in [1.807, 2.05) is 42.9 Å². The fraction of sp³-hybridized carbons (Fsp3) is 0.553. The molecule has 0 radical (unpaired) electrons. The van der Waals surface area contributed by atoms with E-state index in [-0.39, 0.29) is 34.3 Å². The van der Waals surface area contributed by atoms with Crippen molar-refractivity contribution in [1.82, 2.24) is 14.3 Å². The predicted molar refractivity (Wildman–Crippen MR) is 194 cm³/mol. The first kappa shape index (κ1) is 33.5. The number of nitrogens with zero attached hydrogens (tertiary/aromatic N) is 3. The van der Waals surface area contributed by atoms with Gasteiger partial charge < -0.3 is 19.3 Å². The molecule has 3 heterocycles. The summed E-state index contributed by atoms with van der Waals surface area (Å²) in [4.78, 5) is 20.7. The van der Waals surface area contributed by atoms with Gasteiger partial charge in [0.25, 0.3) is 5.91 Å². The first-order valence-corrected chi connectivity index (χ1v) is 19.7. The van der Waals surface area contributed by atoms with E-state index in [0.717, 1.165) is 80.3 Å². The monoisotopic (exact) mass is 692 g/mol. The van der Waals surface area contributed by atoms with E-state index < -0.39 is 15.3 Å². The van der Waals surface area contributed by atoms with Crippen LogP contribution in [0.3, 0.4) is 0 Å². The minimum atomic E-state index is -2.95. The average Bonchev–Trinajstić information content (AvgIpc) is 3.35. The van der Waals surface area contributed by atoms with Crippen LogP contribution in [0.2, 0.25) is 5.02 Å². The number of carbonyl (C=O) groups excluding carboxylic acids is 1. The van der Waals surface area contributed by atoms with Crippen molar-refractivity contribution in [2.75, 3.05) is 24.6 Å². The maximum atomic E-state index is 13.9. The van der Waals surface area contributed by atoms with Crippen molar-refractivity contribution in [3.8, 4) is 5.75 Å². The second kappa shape index (κ2) is 12.7. The number of amides is 1. The van der Waals surface area contributed by atoms with Crippen molar-refractivity contribution in [1.29, 1.82) is 0 Å². The molecule has 2 bridgehead atoms. The summed E-state index contributed by atoms with van der Waals surface area (Å²) in [5.41, 5.74) is 2.68. The number of nitrogens with one attached hydrogen (secondary N) is 1. The van der Waals surface area contributed by atoms with Crippen molar-refractivity contribution < 1.29 is 18.8 Å². The van der Waals surface area contributed by atoms with E-state index in [9.17, 15) is 14.1 Å². The topological polar surface area (TPSA) is 96.7 Å². The number of hydrogen-bond donors (Lipinski definition) is 2. The Labute approximate surface area is 290 Å². The fourth-order valence-corrected chi connectivity index (χ4v) is 10.6. The molecule has 258 valence electrons. The zero-order chi connectivity index (χ0) is 33.8. The summed E-state index contributed by atoms with van der Waals surface area (Å²) in [6, 6.07) is 11.8. The highest BCUT2D eigenvalue weighted by atomic mass is 35.5. The number of benzene rings is 2. The molecule has 48 heavy (non-hydrogen) atoms. The van der Waals surface area contributed by atoms with Gasteiger partial charge in [0.05, 0.1) is 27.6 Å². The molecule has 0 saturated heterocycles. The van der Waals surface area contributed by atoms with Crippen LogP contribution in [-0.2, 0) is 35.0 Å². The smallest absolute Gasteiger partial charge is 0.262 e. The Bertz CT molecular complexity index is 1810.